The Morgan fingerprint density at radius 2 is 2.25 bits per heavy atom. The van der Waals surface area contributed by atoms with Crippen molar-refractivity contribution in [2.75, 3.05) is 13.3 Å². The molecule has 0 radical (unpaired) electrons. The molecule has 0 atom stereocenters. The van der Waals surface area contributed by atoms with Crippen LogP contribution in [0.3, 0.4) is 0 Å². The van der Waals surface area contributed by atoms with Crippen molar-refractivity contribution in [1.82, 2.24) is 5.32 Å². The number of rotatable bonds is 3. The summed E-state index contributed by atoms with van der Waals surface area (Å²) in [5.74, 6) is 0. The first kappa shape index (κ1) is 7.98. The highest BCUT2D eigenvalue weighted by Crippen LogP contribution is 2.44. The zero-order valence-corrected chi connectivity index (χ0v) is 5.43. The quantitative estimate of drug-likeness (QED) is 0.352. The molecule has 0 amide bonds. The van der Waals surface area contributed by atoms with E-state index in [9.17, 15) is 4.79 Å². The van der Waals surface area contributed by atoms with E-state index >= 15 is 0 Å². The predicted octanol–water partition coefficient (Wildman–Crippen LogP) is -0.814. The van der Waals surface area contributed by atoms with E-state index in [4.69, 9.17) is 9.79 Å². The third-order valence-electron chi connectivity index (χ3n) is 0.560. The zero-order chi connectivity index (χ0) is 6.62. The molecule has 8 heavy (non-hydrogen) atoms. The van der Waals surface area contributed by atoms with Crippen molar-refractivity contribution in [3.05, 3.63) is 0 Å². The lowest BCUT2D eigenvalue weighted by Gasteiger charge is -2.00. The normalized spacial score (nSPS) is 11.4. The minimum absolute atomic E-state index is 0.0312. The maximum atomic E-state index is 9.73. The lowest BCUT2D eigenvalue weighted by Crippen LogP contribution is -2.12. The van der Waals surface area contributed by atoms with Gasteiger partial charge in [-0.25, -0.2) is 9.79 Å². The first-order valence-electron chi connectivity index (χ1n) is 2.06. The Hall–Kier alpha value is -0.0200. The standard InChI is InChI=1S/C3H9NO3P/c1-4-2-8(6,7)3-5/h3-4,6-7H,2H2,1H3/q+1. The molecule has 0 heterocycles. The van der Waals surface area contributed by atoms with Crippen LogP contribution in [-0.4, -0.2) is 29.1 Å². The molecule has 0 aliphatic rings. The van der Waals surface area contributed by atoms with Crippen LogP contribution >= 0.6 is 7.72 Å². The molecule has 0 aliphatic heterocycles. The minimum Gasteiger partial charge on any atom is -0.283 e. The number of carbonyl (C=O) groups is 1. The summed E-state index contributed by atoms with van der Waals surface area (Å²) in [4.78, 5) is 26.8. The van der Waals surface area contributed by atoms with Gasteiger partial charge in [0.15, 0.2) is 6.29 Å². The van der Waals surface area contributed by atoms with Crippen LogP contribution in [0.4, 0.5) is 0 Å². The van der Waals surface area contributed by atoms with Crippen molar-refractivity contribution in [2.45, 2.75) is 0 Å². The first-order valence-corrected chi connectivity index (χ1v) is 4.01. The van der Waals surface area contributed by atoms with Crippen LogP contribution < -0.4 is 5.32 Å². The van der Waals surface area contributed by atoms with Crippen molar-refractivity contribution in [3.8, 4) is 0 Å². The predicted molar refractivity (Wildman–Crippen MR) is 32.0 cm³/mol. The summed E-state index contributed by atoms with van der Waals surface area (Å²) in [5.41, 5.74) is 0. The molecule has 0 spiro atoms. The molecule has 0 saturated carbocycles. The topological polar surface area (TPSA) is 69.6 Å². The smallest absolute Gasteiger partial charge is 0.283 e. The lowest BCUT2D eigenvalue weighted by molar-refractivity contribution is 0.454. The first-order chi connectivity index (χ1) is 3.62. The number of hydrogen-bond acceptors (Lipinski definition) is 4. The molecular weight excluding hydrogens is 129 g/mol. The van der Waals surface area contributed by atoms with E-state index < -0.39 is 7.72 Å². The Morgan fingerprint density at radius 1 is 1.75 bits per heavy atom. The van der Waals surface area contributed by atoms with Crippen LogP contribution in [0.2, 0.25) is 0 Å². The van der Waals surface area contributed by atoms with E-state index in [0.717, 1.165) is 0 Å². The summed E-state index contributed by atoms with van der Waals surface area (Å²) in [6.45, 7) is 0. The molecule has 0 rings (SSSR count). The summed E-state index contributed by atoms with van der Waals surface area (Å²) in [7, 11) is -1.67. The van der Waals surface area contributed by atoms with Gasteiger partial charge < -0.3 is 0 Å². The highest BCUT2D eigenvalue weighted by atomic mass is 31.2. The molecule has 0 aromatic carbocycles. The maximum absolute atomic E-state index is 9.73. The van der Waals surface area contributed by atoms with Gasteiger partial charge in [0.25, 0.3) is 0 Å². The van der Waals surface area contributed by atoms with E-state index in [2.05, 4.69) is 5.32 Å². The molecule has 0 aliphatic carbocycles. The fraction of sp³-hybridized carbons (Fsp3) is 0.667. The van der Waals surface area contributed by atoms with Gasteiger partial charge in [0.2, 0.25) is 0 Å². The van der Waals surface area contributed by atoms with Gasteiger partial charge in [0.05, 0.1) is 0 Å². The average molecular weight is 138 g/mol. The van der Waals surface area contributed by atoms with Gasteiger partial charge in [-0.2, -0.15) is 0 Å². The molecule has 0 aromatic heterocycles. The van der Waals surface area contributed by atoms with E-state index in [1.165, 1.54) is 0 Å². The van der Waals surface area contributed by atoms with Crippen molar-refractivity contribution >= 4 is 13.7 Å². The van der Waals surface area contributed by atoms with Gasteiger partial charge in [-0.1, -0.05) is 0 Å². The third kappa shape index (κ3) is 3.04. The van der Waals surface area contributed by atoms with Crippen molar-refractivity contribution in [1.29, 1.82) is 0 Å². The highest BCUT2D eigenvalue weighted by molar-refractivity contribution is 7.78. The Labute approximate surface area is 48.0 Å². The summed E-state index contributed by atoms with van der Waals surface area (Å²) in [5, 5.41) is 2.48. The summed E-state index contributed by atoms with van der Waals surface area (Å²) < 4.78 is 0. The number of carbonyl (C=O) groups excluding carboxylic acids is 1. The van der Waals surface area contributed by atoms with E-state index in [1.807, 2.05) is 0 Å². The van der Waals surface area contributed by atoms with E-state index in [-0.39, 0.29) is 12.3 Å². The Bertz CT molecular complexity index is 84.6. The highest BCUT2D eigenvalue weighted by Gasteiger charge is 2.30. The van der Waals surface area contributed by atoms with Crippen molar-refractivity contribution in [2.24, 2.45) is 0 Å². The van der Waals surface area contributed by atoms with Crippen LogP contribution in [0.1, 0.15) is 0 Å². The van der Waals surface area contributed by atoms with Gasteiger partial charge in [0, 0.05) is 0 Å². The number of hydrogen-bond donors (Lipinski definition) is 3. The van der Waals surface area contributed by atoms with Gasteiger partial charge in [-0.05, 0) is 7.05 Å². The Kier molecular flexibility index (Phi) is 3.09. The molecule has 0 fully saturated rings. The fourth-order valence-electron chi connectivity index (χ4n) is 0.270. The van der Waals surface area contributed by atoms with Crippen LogP contribution in [0.15, 0.2) is 0 Å². The molecule has 0 aromatic rings. The largest absolute Gasteiger partial charge is 0.348 e. The minimum atomic E-state index is -3.22. The average Bonchev–Trinajstić information content (AvgIpc) is 1.67. The summed E-state index contributed by atoms with van der Waals surface area (Å²) >= 11 is 0. The van der Waals surface area contributed by atoms with Gasteiger partial charge >= 0.3 is 13.7 Å². The van der Waals surface area contributed by atoms with Crippen molar-refractivity contribution in [3.63, 3.8) is 0 Å². The lowest BCUT2D eigenvalue weighted by atomic mass is 11.3. The molecule has 5 heteroatoms. The summed E-state index contributed by atoms with van der Waals surface area (Å²) in [6, 6.07) is 0.184. The van der Waals surface area contributed by atoms with Crippen LogP contribution in [0, 0.1) is 0 Å². The molecule has 0 unspecified atom stereocenters. The SMILES string of the molecule is CNC[P+](O)(O)C=O. The van der Waals surface area contributed by atoms with E-state index in [1.54, 1.807) is 7.05 Å². The van der Waals surface area contributed by atoms with Crippen LogP contribution in [0.5, 0.6) is 0 Å². The number of nitrogens with one attached hydrogen (secondary N) is 1. The maximum Gasteiger partial charge on any atom is 0.348 e. The molecule has 0 bridgehead atoms. The molecular formula is C3H9NO3P+. The molecule has 3 N–H and O–H groups in total. The Balaban J connectivity index is 3.53. The van der Waals surface area contributed by atoms with Gasteiger partial charge in [0.1, 0.15) is 0 Å². The molecule has 4 nitrogen and oxygen atoms in total. The van der Waals surface area contributed by atoms with Gasteiger partial charge in [-0.15, -0.1) is 0 Å². The van der Waals surface area contributed by atoms with Crippen LogP contribution in [-0.2, 0) is 4.79 Å². The fourth-order valence-corrected chi connectivity index (χ4v) is 0.810. The second kappa shape index (κ2) is 3.10. The Morgan fingerprint density at radius 3 is 2.38 bits per heavy atom. The monoisotopic (exact) mass is 138 g/mol. The second-order valence-corrected chi connectivity index (χ2v) is 3.50. The van der Waals surface area contributed by atoms with Crippen molar-refractivity contribution < 1.29 is 14.6 Å². The zero-order valence-electron chi connectivity index (χ0n) is 4.53. The summed E-state index contributed by atoms with van der Waals surface area (Å²) in [6.07, 6.45) is -0.0312. The molecule has 0 saturated heterocycles. The van der Waals surface area contributed by atoms with Gasteiger partial charge in [-0.3, -0.25) is 10.1 Å². The van der Waals surface area contributed by atoms with E-state index in [0.29, 0.717) is 0 Å². The second-order valence-electron chi connectivity index (χ2n) is 1.40. The third-order valence-corrected chi connectivity index (χ3v) is 1.68. The van der Waals surface area contributed by atoms with Crippen LogP contribution in [0.25, 0.3) is 0 Å². The molecule has 48 valence electrons.